The number of hydrogen-bond donors (Lipinski definition) is 1. The number of aliphatic hydroxyl groups excluding tert-OH is 1. The minimum absolute atomic E-state index is 0.169. The molecule has 130 valence electrons. The van der Waals surface area contributed by atoms with Crippen molar-refractivity contribution >= 4 is 5.91 Å². The van der Waals surface area contributed by atoms with Crippen LogP contribution < -0.4 is 0 Å². The number of aliphatic hydroxyl groups is 1. The van der Waals surface area contributed by atoms with E-state index in [1.54, 1.807) is 11.1 Å². The molecule has 1 saturated heterocycles. The van der Waals surface area contributed by atoms with Crippen molar-refractivity contribution in [2.75, 3.05) is 6.54 Å². The molecule has 1 fully saturated rings. The van der Waals surface area contributed by atoms with Crippen LogP contribution in [0.3, 0.4) is 0 Å². The van der Waals surface area contributed by atoms with Crippen molar-refractivity contribution in [2.24, 2.45) is 0 Å². The quantitative estimate of drug-likeness (QED) is 0.914. The molecule has 0 saturated carbocycles. The van der Waals surface area contributed by atoms with Gasteiger partial charge in [0.25, 0.3) is 5.91 Å². The summed E-state index contributed by atoms with van der Waals surface area (Å²) in [7, 11) is 0. The van der Waals surface area contributed by atoms with E-state index in [-0.39, 0.29) is 18.5 Å². The van der Waals surface area contributed by atoms with Gasteiger partial charge < -0.3 is 14.5 Å². The molecule has 1 N–H and O–H groups in total. The molecule has 3 heterocycles. The molecule has 24 heavy (non-hydrogen) atoms. The summed E-state index contributed by atoms with van der Waals surface area (Å²) in [6, 6.07) is -0.225. The van der Waals surface area contributed by atoms with Crippen LogP contribution >= 0.6 is 0 Å². The molecule has 2 aromatic rings. The average Bonchev–Trinajstić information content (AvgIpc) is 3.23. The van der Waals surface area contributed by atoms with Gasteiger partial charge in [-0.05, 0) is 20.8 Å². The van der Waals surface area contributed by atoms with E-state index in [0.717, 1.165) is 5.69 Å². The lowest BCUT2D eigenvalue weighted by Gasteiger charge is -2.21. The number of aryl methyl sites for hydroxylation is 1. The Hall–Kier alpha value is -2.22. The highest BCUT2D eigenvalue weighted by atomic mass is 16.5. The number of nitrogens with zero attached hydrogens (tertiary/aromatic N) is 5. The van der Waals surface area contributed by atoms with E-state index in [4.69, 9.17) is 4.52 Å². The van der Waals surface area contributed by atoms with E-state index in [9.17, 15) is 9.90 Å². The first-order valence-electron chi connectivity index (χ1n) is 8.28. The zero-order chi connectivity index (χ0) is 17.4. The van der Waals surface area contributed by atoms with Crippen LogP contribution in [0.1, 0.15) is 67.0 Å². The van der Waals surface area contributed by atoms with E-state index in [1.807, 2.05) is 32.4 Å². The Bertz CT molecular complexity index is 736. The molecule has 8 nitrogen and oxygen atoms in total. The number of rotatable bonds is 4. The third-order valence-corrected chi connectivity index (χ3v) is 4.39. The highest BCUT2D eigenvalue weighted by Gasteiger charge is 2.40. The highest BCUT2D eigenvalue weighted by Crippen LogP contribution is 2.33. The second-order valence-corrected chi connectivity index (χ2v) is 6.45. The second kappa shape index (κ2) is 6.35. The lowest BCUT2D eigenvalue weighted by molar-refractivity contribution is 0.0692. The van der Waals surface area contributed by atoms with Crippen molar-refractivity contribution in [1.82, 2.24) is 24.8 Å². The maximum atomic E-state index is 13.0. The van der Waals surface area contributed by atoms with Gasteiger partial charge in [0.1, 0.15) is 6.04 Å². The van der Waals surface area contributed by atoms with Gasteiger partial charge in [-0.15, -0.1) is 0 Å². The van der Waals surface area contributed by atoms with Crippen LogP contribution in [0.4, 0.5) is 0 Å². The normalized spacial score (nSPS) is 21.0. The van der Waals surface area contributed by atoms with Crippen molar-refractivity contribution in [2.45, 2.75) is 58.7 Å². The summed E-state index contributed by atoms with van der Waals surface area (Å²) in [5, 5.41) is 18.2. The number of amides is 1. The summed E-state index contributed by atoms with van der Waals surface area (Å²) in [6.45, 7) is 8.09. The first-order chi connectivity index (χ1) is 11.4. The van der Waals surface area contributed by atoms with Gasteiger partial charge in [0.15, 0.2) is 5.82 Å². The van der Waals surface area contributed by atoms with E-state index in [0.29, 0.717) is 30.1 Å². The number of likely N-dealkylation sites (tertiary alicyclic amines) is 1. The number of hydrogen-bond acceptors (Lipinski definition) is 6. The van der Waals surface area contributed by atoms with Crippen LogP contribution in [0.5, 0.6) is 0 Å². The first-order valence-corrected chi connectivity index (χ1v) is 8.28. The lowest BCUT2D eigenvalue weighted by Crippen LogP contribution is -2.32. The van der Waals surface area contributed by atoms with Crippen molar-refractivity contribution < 1.29 is 14.4 Å². The highest BCUT2D eigenvalue weighted by molar-refractivity contribution is 5.95. The number of carbonyl (C=O) groups is 1. The fourth-order valence-corrected chi connectivity index (χ4v) is 3.13. The minimum Gasteiger partial charge on any atom is -0.391 e. The van der Waals surface area contributed by atoms with Crippen LogP contribution in [0.15, 0.2) is 10.7 Å². The zero-order valence-corrected chi connectivity index (χ0v) is 14.4. The molecule has 1 amide bonds. The van der Waals surface area contributed by atoms with E-state index in [2.05, 4.69) is 15.2 Å². The Morgan fingerprint density at radius 2 is 2.25 bits per heavy atom. The molecule has 0 aliphatic carbocycles. The van der Waals surface area contributed by atoms with E-state index in [1.165, 1.54) is 0 Å². The lowest BCUT2D eigenvalue weighted by atomic mass is 10.1. The number of carbonyl (C=O) groups excluding carboxylic acids is 1. The molecule has 0 radical (unpaired) electrons. The average molecular weight is 333 g/mol. The van der Waals surface area contributed by atoms with Crippen LogP contribution in [0.2, 0.25) is 0 Å². The minimum atomic E-state index is -0.601. The Labute approximate surface area is 140 Å². The zero-order valence-electron chi connectivity index (χ0n) is 14.4. The SMILES string of the molecule is CCc1noc([C@H]2C[C@H](O)CN2C(=O)c2cnn(C(C)C)c2C)n1. The Morgan fingerprint density at radius 1 is 1.50 bits per heavy atom. The Morgan fingerprint density at radius 3 is 2.83 bits per heavy atom. The second-order valence-electron chi connectivity index (χ2n) is 6.45. The van der Waals surface area contributed by atoms with Crippen molar-refractivity contribution in [1.29, 1.82) is 0 Å². The molecule has 2 aromatic heterocycles. The van der Waals surface area contributed by atoms with Gasteiger partial charge in [-0.1, -0.05) is 12.1 Å². The largest absolute Gasteiger partial charge is 0.391 e. The molecule has 1 aliphatic rings. The standard InChI is InChI=1S/C16H23N5O3/c1-5-14-18-15(24-19-14)13-6-11(22)8-20(13)16(23)12-7-17-21(9(2)3)10(12)4/h7,9,11,13,22H,5-6,8H2,1-4H3/t11-,13+/m0/s1. The van der Waals surface area contributed by atoms with Crippen molar-refractivity contribution in [3.63, 3.8) is 0 Å². The third kappa shape index (κ3) is 2.82. The summed E-state index contributed by atoms with van der Waals surface area (Å²) >= 11 is 0. The maximum Gasteiger partial charge on any atom is 0.258 e. The maximum absolute atomic E-state index is 13.0. The summed E-state index contributed by atoms with van der Waals surface area (Å²) in [5.74, 6) is 0.811. The molecular formula is C16H23N5O3. The fourth-order valence-electron chi connectivity index (χ4n) is 3.13. The van der Waals surface area contributed by atoms with Crippen LogP contribution in [-0.2, 0) is 6.42 Å². The molecule has 0 spiro atoms. The van der Waals surface area contributed by atoms with Gasteiger partial charge in [0.05, 0.1) is 17.9 Å². The predicted molar refractivity (Wildman–Crippen MR) is 85.4 cm³/mol. The molecule has 1 aliphatic heterocycles. The molecule has 3 rings (SSSR count). The van der Waals surface area contributed by atoms with Crippen LogP contribution in [0, 0.1) is 6.92 Å². The van der Waals surface area contributed by atoms with Gasteiger partial charge >= 0.3 is 0 Å². The van der Waals surface area contributed by atoms with Gasteiger partial charge in [-0.25, -0.2) is 0 Å². The summed E-state index contributed by atoms with van der Waals surface area (Å²) in [6.07, 6.45) is 2.04. The molecule has 0 unspecified atom stereocenters. The van der Waals surface area contributed by atoms with Crippen molar-refractivity contribution in [3.05, 3.63) is 29.2 Å². The Kier molecular flexibility index (Phi) is 4.40. The summed E-state index contributed by atoms with van der Waals surface area (Å²) in [4.78, 5) is 18.9. The van der Waals surface area contributed by atoms with E-state index < -0.39 is 12.1 Å². The number of β-amino-alcohol motifs (C(OH)–C–C–N with tert-alkyl or cyclic N) is 1. The fraction of sp³-hybridized carbons (Fsp3) is 0.625. The van der Waals surface area contributed by atoms with Crippen molar-refractivity contribution in [3.8, 4) is 0 Å². The molecular weight excluding hydrogens is 310 g/mol. The predicted octanol–water partition coefficient (Wildman–Crippen LogP) is 1.67. The monoisotopic (exact) mass is 333 g/mol. The van der Waals surface area contributed by atoms with Gasteiger partial charge in [0, 0.05) is 31.1 Å². The summed E-state index contributed by atoms with van der Waals surface area (Å²) < 4.78 is 7.11. The topological polar surface area (TPSA) is 97.3 Å². The molecule has 0 aromatic carbocycles. The molecule has 0 bridgehead atoms. The smallest absolute Gasteiger partial charge is 0.258 e. The molecule has 8 heteroatoms. The summed E-state index contributed by atoms with van der Waals surface area (Å²) in [5.41, 5.74) is 1.35. The van der Waals surface area contributed by atoms with E-state index >= 15 is 0 Å². The first kappa shape index (κ1) is 16.6. The van der Waals surface area contributed by atoms with Gasteiger partial charge in [-0.3, -0.25) is 9.48 Å². The van der Waals surface area contributed by atoms with Gasteiger partial charge in [0.2, 0.25) is 5.89 Å². The Balaban J connectivity index is 1.89. The molecule has 2 atom stereocenters. The number of aromatic nitrogens is 4. The van der Waals surface area contributed by atoms with Crippen LogP contribution in [-0.4, -0.2) is 48.5 Å². The van der Waals surface area contributed by atoms with Crippen LogP contribution in [0.25, 0.3) is 0 Å². The third-order valence-electron chi connectivity index (χ3n) is 4.39. The van der Waals surface area contributed by atoms with Gasteiger partial charge in [-0.2, -0.15) is 10.1 Å².